The van der Waals surface area contributed by atoms with E-state index in [1.54, 1.807) is 19.2 Å². The van der Waals surface area contributed by atoms with E-state index >= 15 is 0 Å². The van der Waals surface area contributed by atoms with E-state index in [4.69, 9.17) is 0 Å². The molecule has 0 heterocycles. The van der Waals surface area contributed by atoms with Crippen LogP contribution in [0.5, 0.6) is 0 Å². The summed E-state index contributed by atoms with van der Waals surface area (Å²) in [6, 6.07) is 13.9. The van der Waals surface area contributed by atoms with Gasteiger partial charge in [0.1, 0.15) is 5.82 Å². The number of guanidine groups is 1. The van der Waals surface area contributed by atoms with Crippen molar-refractivity contribution < 1.29 is 9.18 Å². The molecule has 0 spiro atoms. The molecule has 6 heteroatoms. The summed E-state index contributed by atoms with van der Waals surface area (Å²) < 4.78 is 13.4. The lowest BCUT2D eigenvalue weighted by Crippen LogP contribution is -2.38. The summed E-state index contributed by atoms with van der Waals surface area (Å²) in [5.74, 6) is 0.358. The first kappa shape index (κ1) is 19.4. The third kappa shape index (κ3) is 5.58. The molecule has 0 aliphatic carbocycles. The van der Waals surface area contributed by atoms with Gasteiger partial charge in [0, 0.05) is 32.7 Å². The molecular formula is C20H25FN4O. The lowest BCUT2D eigenvalue weighted by atomic mass is 10.1. The highest BCUT2D eigenvalue weighted by Crippen LogP contribution is 2.09. The molecule has 0 aromatic heterocycles. The third-order valence-corrected chi connectivity index (χ3v) is 3.83. The zero-order chi connectivity index (χ0) is 18.9. The summed E-state index contributed by atoms with van der Waals surface area (Å²) >= 11 is 0. The number of amides is 1. The zero-order valence-electron chi connectivity index (χ0n) is 15.4. The van der Waals surface area contributed by atoms with Gasteiger partial charge >= 0.3 is 0 Å². The lowest BCUT2D eigenvalue weighted by molar-refractivity contribution is 0.0963. The minimum absolute atomic E-state index is 0.119. The molecule has 0 saturated heterocycles. The van der Waals surface area contributed by atoms with Gasteiger partial charge in [-0.2, -0.15) is 0 Å². The Morgan fingerprint density at radius 1 is 1.15 bits per heavy atom. The minimum Gasteiger partial charge on any atom is -0.357 e. The molecule has 138 valence electrons. The van der Waals surface area contributed by atoms with E-state index in [-0.39, 0.29) is 11.7 Å². The first-order valence-corrected chi connectivity index (χ1v) is 8.58. The van der Waals surface area contributed by atoms with Crippen molar-refractivity contribution in [3.63, 3.8) is 0 Å². The largest absolute Gasteiger partial charge is 0.357 e. The molecule has 0 saturated carbocycles. The number of nitrogens with one attached hydrogen (secondary N) is 2. The smallest absolute Gasteiger partial charge is 0.251 e. The van der Waals surface area contributed by atoms with Crippen LogP contribution in [0, 0.1) is 5.82 Å². The topological polar surface area (TPSA) is 56.7 Å². The van der Waals surface area contributed by atoms with Crippen molar-refractivity contribution in [2.75, 3.05) is 20.6 Å². The average Bonchev–Trinajstić information content (AvgIpc) is 2.64. The summed E-state index contributed by atoms with van der Waals surface area (Å²) in [6.45, 7) is 3.71. The van der Waals surface area contributed by atoms with Gasteiger partial charge in [0.2, 0.25) is 0 Å². The first-order chi connectivity index (χ1) is 12.5. The second kappa shape index (κ2) is 9.56. The predicted octanol–water partition coefficient (Wildman–Crippen LogP) is 2.78. The standard InChI is InChI=1S/C20H25FN4O/c1-4-23-20(25(3)14-16-8-6-10-18(21)12-16)24-13-15-7-5-9-17(11-15)19(26)22-2/h5-12H,4,13-14H2,1-3H3,(H,22,26)(H,23,24). The summed E-state index contributed by atoms with van der Waals surface area (Å²) in [5, 5.41) is 5.86. The number of benzene rings is 2. The van der Waals surface area contributed by atoms with Gasteiger partial charge in [0.25, 0.3) is 5.91 Å². The summed E-state index contributed by atoms with van der Waals surface area (Å²) in [6.07, 6.45) is 0. The van der Waals surface area contributed by atoms with E-state index in [0.29, 0.717) is 18.7 Å². The van der Waals surface area contributed by atoms with Gasteiger partial charge in [-0.1, -0.05) is 24.3 Å². The molecule has 26 heavy (non-hydrogen) atoms. The van der Waals surface area contributed by atoms with Gasteiger partial charge in [0.05, 0.1) is 6.54 Å². The second-order valence-electron chi connectivity index (χ2n) is 5.94. The maximum atomic E-state index is 13.4. The highest BCUT2D eigenvalue weighted by atomic mass is 19.1. The van der Waals surface area contributed by atoms with Crippen molar-refractivity contribution in [1.82, 2.24) is 15.5 Å². The Morgan fingerprint density at radius 2 is 1.88 bits per heavy atom. The molecule has 2 rings (SSSR count). The number of hydrogen-bond acceptors (Lipinski definition) is 2. The van der Waals surface area contributed by atoms with E-state index < -0.39 is 0 Å². The fourth-order valence-electron chi connectivity index (χ4n) is 2.58. The van der Waals surface area contributed by atoms with E-state index in [1.807, 2.05) is 43.1 Å². The number of nitrogens with zero attached hydrogens (tertiary/aromatic N) is 2. The summed E-state index contributed by atoms with van der Waals surface area (Å²) in [5.41, 5.74) is 2.43. The molecule has 5 nitrogen and oxygen atoms in total. The van der Waals surface area contributed by atoms with Gasteiger partial charge < -0.3 is 15.5 Å². The number of rotatable bonds is 6. The molecule has 2 aromatic rings. The van der Waals surface area contributed by atoms with Crippen molar-refractivity contribution in [2.45, 2.75) is 20.0 Å². The van der Waals surface area contributed by atoms with Crippen LogP contribution in [0.3, 0.4) is 0 Å². The maximum absolute atomic E-state index is 13.4. The number of aliphatic imine (C=N–C) groups is 1. The van der Waals surface area contributed by atoms with Crippen molar-refractivity contribution in [3.8, 4) is 0 Å². The zero-order valence-corrected chi connectivity index (χ0v) is 15.4. The van der Waals surface area contributed by atoms with Crippen LogP contribution in [-0.4, -0.2) is 37.4 Å². The van der Waals surface area contributed by atoms with Crippen LogP contribution in [0.2, 0.25) is 0 Å². The molecule has 0 aliphatic rings. The molecule has 2 aromatic carbocycles. The van der Waals surface area contributed by atoms with E-state index in [9.17, 15) is 9.18 Å². The van der Waals surface area contributed by atoms with Crippen molar-refractivity contribution in [3.05, 3.63) is 71.0 Å². The minimum atomic E-state index is -0.246. The fraction of sp³-hybridized carbons (Fsp3) is 0.300. The Morgan fingerprint density at radius 3 is 2.58 bits per heavy atom. The van der Waals surface area contributed by atoms with Crippen LogP contribution in [0.15, 0.2) is 53.5 Å². The molecule has 0 bridgehead atoms. The Kier molecular flexibility index (Phi) is 7.14. The Bertz CT molecular complexity index is 776. The van der Waals surface area contributed by atoms with E-state index in [1.165, 1.54) is 12.1 Å². The van der Waals surface area contributed by atoms with E-state index in [0.717, 1.165) is 23.6 Å². The molecule has 2 N–H and O–H groups in total. The van der Waals surface area contributed by atoms with Crippen molar-refractivity contribution in [2.24, 2.45) is 4.99 Å². The quantitative estimate of drug-likeness (QED) is 0.618. The summed E-state index contributed by atoms with van der Waals surface area (Å²) in [4.78, 5) is 18.3. The van der Waals surface area contributed by atoms with Crippen LogP contribution in [0.25, 0.3) is 0 Å². The molecule has 0 radical (unpaired) electrons. The summed E-state index contributed by atoms with van der Waals surface area (Å²) in [7, 11) is 3.52. The number of hydrogen-bond donors (Lipinski definition) is 2. The highest BCUT2D eigenvalue weighted by molar-refractivity contribution is 5.94. The van der Waals surface area contributed by atoms with Crippen LogP contribution in [-0.2, 0) is 13.1 Å². The van der Waals surface area contributed by atoms with Gasteiger partial charge in [-0.3, -0.25) is 4.79 Å². The normalized spacial score (nSPS) is 11.2. The highest BCUT2D eigenvalue weighted by Gasteiger charge is 2.08. The van der Waals surface area contributed by atoms with Crippen molar-refractivity contribution in [1.29, 1.82) is 0 Å². The SMILES string of the molecule is CCNC(=NCc1cccc(C(=O)NC)c1)N(C)Cc1cccc(F)c1. The molecule has 0 unspecified atom stereocenters. The number of halogens is 1. The number of carbonyl (C=O) groups is 1. The maximum Gasteiger partial charge on any atom is 0.251 e. The van der Waals surface area contributed by atoms with Crippen LogP contribution < -0.4 is 10.6 Å². The lowest BCUT2D eigenvalue weighted by Gasteiger charge is -2.22. The van der Waals surface area contributed by atoms with Crippen LogP contribution in [0.1, 0.15) is 28.4 Å². The first-order valence-electron chi connectivity index (χ1n) is 8.58. The molecule has 0 aliphatic heterocycles. The van der Waals surface area contributed by atoms with Crippen LogP contribution >= 0.6 is 0 Å². The molecule has 0 fully saturated rings. The van der Waals surface area contributed by atoms with Gasteiger partial charge in [-0.25, -0.2) is 9.38 Å². The van der Waals surface area contributed by atoms with E-state index in [2.05, 4.69) is 15.6 Å². The number of carbonyl (C=O) groups excluding carboxylic acids is 1. The second-order valence-corrected chi connectivity index (χ2v) is 5.94. The Labute approximate surface area is 153 Å². The Hall–Kier alpha value is -2.89. The predicted molar refractivity (Wildman–Crippen MR) is 103 cm³/mol. The molecule has 1 amide bonds. The van der Waals surface area contributed by atoms with Crippen LogP contribution in [0.4, 0.5) is 4.39 Å². The third-order valence-electron chi connectivity index (χ3n) is 3.83. The fourth-order valence-corrected chi connectivity index (χ4v) is 2.58. The molecule has 0 atom stereocenters. The van der Waals surface area contributed by atoms with Gasteiger partial charge in [-0.05, 0) is 42.3 Å². The van der Waals surface area contributed by atoms with Gasteiger partial charge in [-0.15, -0.1) is 0 Å². The van der Waals surface area contributed by atoms with Gasteiger partial charge in [0.15, 0.2) is 5.96 Å². The van der Waals surface area contributed by atoms with Crippen molar-refractivity contribution >= 4 is 11.9 Å². The average molecular weight is 356 g/mol. The Balaban J connectivity index is 2.11. The monoisotopic (exact) mass is 356 g/mol. The molecular weight excluding hydrogens is 331 g/mol.